The molecule has 0 aromatic rings. The number of carbonyl (C=O) groups excluding carboxylic acids is 1. The third-order valence-corrected chi connectivity index (χ3v) is 5.07. The highest BCUT2D eigenvalue weighted by Gasteiger charge is 2.27. The molecule has 2 N–H and O–H groups in total. The Bertz CT molecular complexity index is 381. The number of amides is 1. The second-order valence-electron chi connectivity index (χ2n) is 7.88. The quantitative estimate of drug-likeness (QED) is 0.470. The Kier molecular flexibility index (Phi) is 12.7. The Morgan fingerprint density at radius 2 is 1.67 bits per heavy atom. The van der Waals surface area contributed by atoms with Crippen LogP contribution in [0, 0.1) is 5.92 Å². The number of aliphatic hydroxyl groups excluding tert-OH is 2. The fraction of sp³-hybridized carbons (Fsp3) is 0.950. The van der Waals surface area contributed by atoms with Crippen molar-refractivity contribution in [3.05, 3.63) is 0 Å². The van der Waals surface area contributed by atoms with Crippen LogP contribution in [-0.2, 0) is 9.47 Å². The summed E-state index contributed by atoms with van der Waals surface area (Å²) < 4.78 is 11.3. The summed E-state index contributed by atoms with van der Waals surface area (Å²) in [6, 6.07) is 0.245. The van der Waals surface area contributed by atoms with Crippen LogP contribution in [0.5, 0.6) is 0 Å². The summed E-state index contributed by atoms with van der Waals surface area (Å²) in [6.07, 6.45) is 5.92. The largest absolute Gasteiger partial charge is 0.449 e. The molecule has 0 saturated heterocycles. The lowest BCUT2D eigenvalue weighted by Crippen LogP contribution is -2.41. The molecule has 0 unspecified atom stereocenters. The maximum Gasteiger partial charge on any atom is 0.409 e. The standard InChI is InChI=1S/C20H40N2O5/c1-17(2)16-27-20(25)21(3)18-6-8-19(9-7-18)26-15-5-4-10-22(11-13-23)12-14-24/h17-19,23-24H,4-16H2,1-3H3/t18-,19-. The van der Waals surface area contributed by atoms with Gasteiger partial charge in [-0.25, -0.2) is 4.79 Å². The molecule has 1 amide bonds. The van der Waals surface area contributed by atoms with Gasteiger partial charge >= 0.3 is 6.09 Å². The average molecular weight is 389 g/mol. The van der Waals surface area contributed by atoms with E-state index in [1.165, 1.54) is 0 Å². The number of carbonyl (C=O) groups is 1. The van der Waals surface area contributed by atoms with Crippen LogP contribution in [0.3, 0.4) is 0 Å². The SMILES string of the molecule is CC(C)COC(=O)N(C)[C@H]1CC[C@H](OCCCCN(CCO)CCO)CC1. The third kappa shape index (κ3) is 10.3. The zero-order chi connectivity index (χ0) is 20.1. The highest BCUT2D eigenvalue weighted by Crippen LogP contribution is 2.25. The van der Waals surface area contributed by atoms with E-state index in [0.717, 1.165) is 51.7 Å². The first-order valence-electron chi connectivity index (χ1n) is 10.4. The van der Waals surface area contributed by atoms with E-state index in [0.29, 0.717) is 25.6 Å². The van der Waals surface area contributed by atoms with Crippen molar-refractivity contribution in [2.45, 2.75) is 64.5 Å². The van der Waals surface area contributed by atoms with Gasteiger partial charge in [0.05, 0.1) is 25.9 Å². The molecule has 1 saturated carbocycles. The summed E-state index contributed by atoms with van der Waals surface area (Å²) in [4.78, 5) is 15.9. The Morgan fingerprint density at radius 1 is 1.04 bits per heavy atom. The van der Waals surface area contributed by atoms with E-state index in [4.69, 9.17) is 19.7 Å². The molecule has 0 bridgehead atoms. The van der Waals surface area contributed by atoms with Crippen molar-refractivity contribution in [1.29, 1.82) is 0 Å². The van der Waals surface area contributed by atoms with E-state index in [1.54, 1.807) is 4.90 Å². The molecule has 160 valence electrons. The Hall–Kier alpha value is -0.890. The summed E-state index contributed by atoms with van der Waals surface area (Å²) in [7, 11) is 1.83. The molecule has 1 aliphatic carbocycles. The molecule has 0 aromatic heterocycles. The highest BCUT2D eigenvalue weighted by molar-refractivity contribution is 5.67. The first-order valence-corrected chi connectivity index (χ1v) is 10.4. The lowest BCUT2D eigenvalue weighted by Gasteiger charge is -2.34. The first kappa shape index (κ1) is 24.1. The number of nitrogens with zero attached hydrogens (tertiary/aromatic N) is 2. The van der Waals surface area contributed by atoms with Crippen LogP contribution in [0.4, 0.5) is 4.79 Å². The average Bonchev–Trinajstić information content (AvgIpc) is 2.66. The van der Waals surface area contributed by atoms with Crippen LogP contribution >= 0.6 is 0 Å². The van der Waals surface area contributed by atoms with Gasteiger partial charge in [0.1, 0.15) is 0 Å². The van der Waals surface area contributed by atoms with Gasteiger partial charge in [0.2, 0.25) is 0 Å². The second-order valence-corrected chi connectivity index (χ2v) is 7.88. The monoisotopic (exact) mass is 388 g/mol. The van der Waals surface area contributed by atoms with Gasteiger partial charge < -0.3 is 24.6 Å². The van der Waals surface area contributed by atoms with Gasteiger partial charge in [-0.3, -0.25) is 4.90 Å². The van der Waals surface area contributed by atoms with Crippen molar-refractivity contribution in [1.82, 2.24) is 9.80 Å². The van der Waals surface area contributed by atoms with Gasteiger partial charge in [-0.1, -0.05) is 13.8 Å². The number of aliphatic hydroxyl groups is 2. The van der Waals surface area contributed by atoms with E-state index in [9.17, 15) is 4.79 Å². The van der Waals surface area contributed by atoms with Gasteiger partial charge in [0.15, 0.2) is 0 Å². The fourth-order valence-corrected chi connectivity index (χ4v) is 3.39. The van der Waals surface area contributed by atoms with Gasteiger partial charge in [0.25, 0.3) is 0 Å². The molecule has 0 aromatic carbocycles. The minimum Gasteiger partial charge on any atom is -0.449 e. The van der Waals surface area contributed by atoms with E-state index < -0.39 is 0 Å². The number of hydrogen-bond acceptors (Lipinski definition) is 6. The molecule has 0 heterocycles. The van der Waals surface area contributed by atoms with Crippen molar-refractivity contribution < 1.29 is 24.5 Å². The number of unbranched alkanes of at least 4 members (excludes halogenated alkanes) is 1. The lowest BCUT2D eigenvalue weighted by molar-refractivity contribution is 0.00616. The minimum absolute atomic E-state index is 0.124. The van der Waals surface area contributed by atoms with Gasteiger partial charge in [-0.15, -0.1) is 0 Å². The molecule has 1 fully saturated rings. The van der Waals surface area contributed by atoms with E-state index in [-0.39, 0.29) is 31.5 Å². The third-order valence-electron chi connectivity index (χ3n) is 5.07. The summed E-state index contributed by atoms with van der Waals surface area (Å²) >= 11 is 0. The predicted molar refractivity (Wildman–Crippen MR) is 106 cm³/mol. The van der Waals surface area contributed by atoms with Crippen molar-refractivity contribution in [2.75, 3.05) is 53.1 Å². The maximum absolute atomic E-state index is 12.1. The van der Waals surface area contributed by atoms with Crippen molar-refractivity contribution >= 4 is 6.09 Å². The molecule has 0 spiro atoms. The normalized spacial score (nSPS) is 20.3. The molecular formula is C20H40N2O5. The number of ether oxygens (including phenoxy) is 2. The molecule has 0 aliphatic heterocycles. The van der Waals surface area contributed by atoms with Crippen LogP contribution in [-0.4, -0.2) is 91.4 Å². The smallest absolute Gasteiger partial charge is 0.409 e. The Balaban J connectivity index is 2.13. The molecule has 7 heteroatoms. The molecule has 1 aliphatic rings. The Morgan fingerprint density at radius 3 is 2.22 bits per heavy atom. The van der Waals surface area contributed by atoms with Crippen LogP contribution in [0.2, 0.25) is 0 Å². The van der Waals surface area contributed by atoms with Crippen LogP contribution in [0.25, 0.3) is 0 Å². The van der Waals surface area contributed by atoms with Crippen LogP contribution in [0.15, 0.2) is 0 Å². The van der Waals surface area contributed by atoms with Gasteiger partial charge in [0, 0.05) is 32.8 Å². The molecule has 0 radical (unpaired) electrons. The molecule has 0 atom stereocenters. The maximum atomic E-state index is 12.1. The topological polar surface area (TPSA) is 82.5 Å². The van der Waals surface area contributed by atoms with Crippen LogP contribution in [0.1, 0.15) is 52.4 Å². The molecule has 1 rings (SSSR count). The van der Waals surface area contributed by atoms with E-state index in [2.05, 4.69) is 4.90 Å². The Labute approximate surface area is 164 Å². The van der Waals surface area contributed by atoms with Crippen molar-refractivity contribution in [3.63, 3.8) is 0 Å². The highest BCUT2D eigenvalue weighted by atomic mass is 16.6. The number of hydrogen-bond donors (Lipinski definition) is 2. The van der Waals surface area contributed by atoms with E-state index >= 15 is 0 Å². The molecular weight excluding hydrogens is 348 g/mol. The van der Waals surface area contributed by atoms with Crippen molar-refractivity contribution in [3.8, 4) is 0 Å². The zero-order valence-electron chi connectivity index (χ0n) is 17.4. The first-order chi connectivity index (χ1) is 13.0. The molecule has 7 nitrogen and oxygen atoms in total. The second kappa shape index (κ2) is 14.2. The summed E-state index contributed by atoms with van der Waals surface area (Å²) in [5.74, 6) is 0.353. The molecule has 27 heavy (non-hydrogen) atoms. The van der Waals surface area contributed by atoms with Crippen molar-refractivity contribution in [2.24, 2.45) is 5.92 Å². The zero-order valence-corrected chi connectivity index (χ0v) is 17.4. The van der Waals surface area contributed by atoms with Gasteiger partial charge in [-0.2, -0.15) is 0 Å². The van der Waals surface area contributed by atoms with E-state index in [1.807, 2.05) is 20.9 Å². The summed E-state index contributed by atoms with van der Waals surface area (Å²) in [5, 5.41) is 18.0. The number of rotatable bonds is 13. The lowest BCUT2D eigenvalue weighted by atomic mass is 9.92. The predicted octanol–water partition coefficient (Wildman–Crippen LogP) is 2.11. The summed E-state index contributed by atoms with van der Waals surface area (Å²) in [6.45, 7) is 7.62. The van der Waals surface area contributed by atoms with Crippen LogP contribution < -0.4 is 0 Å². The summed E-state index contributed by atoms with van der Waals surface area (Å²) in [5.41, 5.74) is 0. The minimum atomic E-state index is -0.219. The van der Waals surface area contributed by atoms with Gasteiger partial charge in [-0.05, 0) is 51.0 Å². The fourth-order valence-electron chi connectivity index (χ4n) is 3.39.